The highest BCUT2D eigenvalue weighted by atomic mass is 16.3. The first kappa shape index (κ1) is 11.7. The van der Waals surface area contributed by atoms with Gasteiger partial charge in [0.2, 0.25) is 0 Å². The van der Waals surface area contributed by atoms with Gasteiger partial charge < -0.3 is 9.90 Å². The van der Waals surface area contributed by atoms with Crippen molar-refractivity contribution < 1.29 is 9.90 Å². The van der Waals surface area contributed by atoms with Crippen molar-refractivity contribution in [2.75, 3.05) is 0 Å². The van der Waals surface area contributed by atoms with Crippen molar-refractivity contribution in [3.05, 3.63) is 0 Å². The molecule has 2 nitrogen and oxygen atoms in total. The fourth-order valence-electron chi connectivity index (χ4n) is 2.42. The third kappa shape index (κ3) is 2.81. The molecule has 0 aliphatic heterocycles. The molecule has 1 N–H and O–H groups in total. The van der Waals surface area contributed by atoms with E-state index in [0.717, 1.165) is 32.0 Å². The fourth-order valence-corrected chi connectivity index (χ4v) is 2.42. The van der Waals surface area contributed by atoms with E-state index in [1.807, 2.05) is 0 Å². The van der Waals surface area contributed by atoms with Crippen LogP contribution in [0.5, 0.6) is 0 Å². The van der Waals surface area contributed by atoms with E-state index in [2.05, 4.69) is 6.92 Å². The molecule has 0 spiro atoms. The van der Waals surface area contributed by atoms with Gasteiger partial charge in [-0.1, -0.05) is 39.0 Å². The Labute approximate surface area is 86.7 Å². The number of aliphatic hydroxyl groups is 1. The smallest absolute Gasteiger partial charge is 0.151 e. The molecule has 0 bridgehead atoms. The molecule has 1 aliphatic rings. The third-order valence-electron chi connectivity index (χ3n) is 3.45. The van der Waals surface area contributed by atoms with Gasteiger partial charge >= 0.3 is 0 Å². The molecule has 14 heavy (non-hydrogen) atoms. The molecule has 2 heteroatoms. The lowest BCUT2D eigenvalue weighted by Crippen LogP contribution is -2.40. The van der Waals surface area contributed by atoms with Crippen molar-refractivity contribution in [3.63, 3.8) is 0 Å². The second kappa shape index (κ2) is 5.50. The van der Waals surface area contributed by atoms with Gasteiger partial charge in [-0.2, -0.15) is 0 Å². The van der Waals surface area contributed by atoms with Crippen molar-refractivity contribution in [2.24, 2.45) is 5.92 Å². The summed E-state index contributed by atoms with van der Waals surface area (Å²) in [6.45, 7) is 2.09. The van der Waals surface area contributed by atoms with Crippen LogP contribution in [0.15, 0.2) is 0 Å². The Morgan fingerprint density at radius 3 is 2.50 bits per heavy atom. The maximum atomic E-state index is 11.0. The van der Waals surface area contributed by atoms with Crippen molar-refractivity contribution >= 4 is 6.29 Å². The highest BCUT2D eigenvalue weighted by molar-refractivity contribution is 5.62. The Morgan fingerprint density at radius 1 is 1.36 bits per heavy atom. The number of hydrogen-bond acceptors (Lipinski definition) is 2. The van der Waals surface area contributed by atoms with Gasteiger partial charge in [-0.25, -0.2) is 0 Å². The summed E-state index contributed by atoms with van der Waals surface area (Å²) < 4.78 is 0. The van der Waals surface area contributed by atoms with E-state index in [1.54, 1.807) is 0 Å². The SMILES string of the molecule is CCCCC(O)(C=O)C1CCCCC1. The highest BCUT2D eigenvalue weighted by Crippen LogP contribution is 2.34. The molecular formula is C12H22O2. The van der Waals surface area contributed by atoms with Gasteiger partial charge in [-0.05, 0) is 25.2 Å². The summed E-state index contributed by atoms with van der Waals surface area (Å²) in [7, 11) is 0. The van der Waals surface area contributed by atoms with Crippen LogP contribution in [0, 0.1) is 5.92 Å². The Bertz CT molecular complexity index is 173. The number of carbonyl (C=O) groups excluding carboxylic acids is 1. The molecule has 0 aromatic rings. The van der Waals surface area contributed by atoms with Gasteiger partial charge in [0.1, 0.15) is 5.60 Å². The van der Waals surface area contributed by atoms with Gasteiger partial charge in [-0.15, -0.1) is 0 Å². The Kier molecular flexibility index (Phi) is 4.59. The minimum atomic E-state index is -1.02. The average Bonchev–Trinajstić information content (AvgIpc) is 2.27. The monoisotopic (exact) mass is 198 g/mol. The van der Waals surface area contributed by atoms with Gasteiger partial charge in [0.05, 0.1) is 0 Å². The maximum absolute atomic E-state index is 11.0. The van der Waals surface area contributed by atoms with E-state index in [1.165, 1.54) is 19.3 Å². The summed E-state index contributed by atoms with van der Waals surface area (Å²) in [6.07, 6.45) is 9.10. The molecule has 1 fully saturated rings. The molecule has 1 unspecified atom stereocenters. The zero-order valence-electron chi connectivity index (χ0n) is 9.17. The molecule has 0 aromatic carbocycles. The zero-order valence-corrected chi connectivity index (χ0v) is 9.17. The predicted molar refractivity (Wildman–Crippen MR) is 57.1 cm³/mol. The van der Waals surface area contributed by atoms with Crippen LogP contribution in [0.2, 0.25) is 0 Å². The summed E-state index contributed by atoms with van der Waals surface area (Å²) in [5, 5.41) is 10.2. The highest BCUT2D eigenvalue weighted by Gasteiger charge is 2.36. The second-order valence-electron chi connectivity index (χ2n) is 4.55. The van der Waals surface area contributed by atoms with Crippen LogP contribution >= 0.6 is 0 Å². The molecule has 0 aromatic heterocycles. The molecule has 1 aliphatic carbocycles. The molecule has 0 heterocycles. The molecule has 0 radical (unpaired) electrons. The molecule has 0 saturated heterocycles. The van der Waals surface area contributed by atoms with E-state index < -0.39 is 5.60 Å². The maximum Gasteiger partial charge on any atom is 0.151 e. The summed E-state index contributed by atoms with van der Waals surface area (Å²) in [5.41, 5.74) is -1.02. The van der Waals surface area contributed by atoms with E-state index in [0.29, 0.717) is 6.42 Å². The quantitative estimate of drug-likeness (QED) is 0.690. The Hall–Kier alpha value is -0.370. The van der Waals surface area contributed by atoms with E-state index in [-0.39, 0.29) is 5.92 Å². The van der Waals surface area contributed by atoms with Gasteiger partial charge in [0.25, 0.3) is 0 Å². The van der Waals surface area contributed by atoms with Crippen LogP contribution in [0.3, 0.4) is 0 Å². The second-order valence-corrected chi connectivity index (χ2v) is 4.55. The van der Waals surface area contributed by atoms with E-state index >= 15 is 0 Å². The first-order valence-corrected chi connectivity index (χ1v) is 5.91. The number of unbranched alkanes of at least 4 members (excludes halogenated alkanes) is 1. The number of aldehydes is 1. The fraction of sp³-hybridized carbons (Fsp3) is 0.917. The third-order valence-corrected chi connectivity index (χ3v) is 3.45. The summed E-state index contributed by atoms with van der Waals surface area (Å²) in [4.78, 5) is 11.0. The minimum Gasteiger partial charge on any atom is -0.382 e. The van der Waals surface area contributed by atoms with Crippen molar-refractivity contribution in [3.8, 4) is 0 Å². The van der Waals surface area contributed by atoms with Crippen LogP contribution < -0.4 is 0 Å². The molecular weight excluding hydrogens is 176 g/mol. The van der Waals surface area contributed by atoms with Gasteiger partial charge in [-0.3, -0.25) is 0 Å². The summed E-state index contributed by atoms with van der Waals surface area (Å²) >= 11 is 0. The van der Waals surface area contributed by atoms with Crippen LogP contribution in [0.1, 0.15) is 58.3 Å². The van der Waals surface area contributed by atoms with Crippen molar-refractivity contribution in [1.29, 1.82) is 0 Å². The molecule has 82 valence electrons. The largest absolute Gasteiger partial charge is 0.382 e. The number of hydrogen-bond donors (Lipinski definition) is 1. The van der Waals surface area contributed by atoms with Crippen molar-refractivity contribution in [1.82, 2.24) is 0 Å². The Morgan fingerprint density at radius 2 is 2.00 bits per heavy atom. The topological polar surface area (TPSA) is 37.3 Å². The molecule has 1 atom stereocenters. The lowest BCUT2D eigenvalue weighted by atomic mass is 9.75. The van der Waals surface area contributed by atoms with Crippen molar-refractivity contribution in [2.45, 2.75) is 63.9 Å². The van der Waals surface area contributed by atoms with Gasteiger partial charge in [0, 0.05) is 0 Å². The summed E-state index contributed by atoms with van der Waals surface area (Å²) in [6, 6.07) is 0. The van der Waals surface area contributed by atoms with Crippen LogP contribution in [0.25, 0.3) is 0 Å². The first-order valence-electron chi connectivity index (χ1n) is 5.91. The van der Waals surface area contributed by atoms with Crippen LogP contribution in [-0.2, 0) is 4.79 Å². The predicted octanol–water partition coefficient (Wildman–Crippen LogP) is 2.69. The minimum absolute atomic E-state index is 0.222. The number of carbonyl (C=O) groups is 1. The molecule has 1 rings (SSSR count). The van der Waals surface area contributed by atoms with Crippen LogP contribution in [0.4, 0.5) is 0 Å². The zero-order chi connectivity index (χ0) is 10.4. The average molecular weight is 198 g/mol. The molecule has 1 saturated carbocycles. The standard InChI is InChI=1S/C12H22O2/c1-2-3-9-12(14,10-13)11-7-5-4-6-8-11/h10-11,14H,2-9H2,1H3. The lowest BCUT2D eigenvalue weighted by molar-refractivity contribution is -0.132. The van der Waals surface area contributed by atoms with Gasteiger partial charge in [0.15, 0.2) is 6.29 Å². The first-order chi connectivity index (χ1) is 6.73. The molecule has 0 amide bonds. The number of rotatable bonds is 5. The van der Waals surface area contributed by atoms with Crippen LogP contribution in [-0.4, -0.2) is 17.0 Å². The normalized spacial score (nSPS) is 23.0. The lowest BCUT2D eigenvalue weighted by Gasteiger charge is -2.34. The summed E-state index contributed by atoms with van der Waals surface area (Å²) in [5.74, 6) is 0.222. The van der Waals surface area contributed by atoms with E-state index in [4.69, 9.17) is 0 Å². The van der Waals surface area contributed by atoms with E-state index in [9.17, 15) is 9.90 Å². The Balaban J connectivity index is 2.52.